The van der Waals surface area contributed by atoms with Gasteiger partial charge in [-0.05, 0) is 19.1 Å². The summed E-state index contributed by atoms with van der Waals surface area (Å²) in [5, 5.41) is 11.2. The van der Waals surface area contributed by atoms with Crippen molar-refractivity contribution in [2.45, 2.75) is 13.0 Å². The van der Waals surface area contributed by atoms with Gasteiger partial charge >= 0.3 is 5.97 Å². The second-order valence-electron chi connectivity index (χ2n) is 4.20. The molecule has 0 aromatic carbocycles. The second-order valence-corrected chi connectivity index (χ2v) is 6.39. The van der Waals surface area contributed by atoms with Crippen LogP contribution in [0.5, 0.6) is 0 Å². The quantitative estimate of drug-likeness (QED) is 0.784. The molecule has 0 aliphatic rings. The number of hydrogen-bond acceptors (Lipinski definition) is 5. The molecule has 7 nitrogen and oxygen atoms in total. The van der Waals surface area contributed by atoms with Crippen LogP contribution >= 0.6 is 0 Å². The number of carbonyl (C=O) groups excluding carboxylic acids is 1. The lowest BCUT2D eigenvalue weighted by Crippen LogP contribution is -2.37. The van der Waals surface area contributed by atoms with Crippen LogP contribution in [0.25, 0.3) is 0 Å². The Morgan fingerprint density at radius 1 is 1.42 bits per heavy atom. The van der Waals surface area contributed by atoms with Crippen molar-refractivity contribution in [2.24, 2.45) is 0 Å². The fourth-order valence-electron chi connectivity index (χ4n) is 1.45. The van der Waals surface area contributed by atoms with Crippen molar-refractivity contribution < 1.29 is 23.1 Å². The average molecular weight is 286 g/mol. The van der Waals surface area contributed by atoms with E-state index in [1.165, 1.54) is 12.1 Å². The molecule has 1 atom stereocenters. The van der Waals surface area contributed by atoms with E-state index in [-0.39, 0.29) is 17.0 Å². The molecule has 0 fully saturated rings. The summed E-state index contributed by atoms with van der Waals surface area (Å²) >= 11 is 0. The number of aromatic nitrogens is 1. The highest BCUT2D eigenvalue weighted by Gasteiger charge is 2.15. The number of rotatable bonds is 5. The number of amides is 1. The van der Waals surface area contributed by atoms with Gasteiger partial charge in [-0.1, -0.05) is 0 Å². The van der Waals surface area contributed by atoms with Gasteiger partial charge in [-0.15, -0.1) is 0 Å². The van der Waals surface area contributed by atoms with Gasteiger partial charge in [-0.2, -0.15) is 0 Å². The molecule has 0 spiro atoms. The van der Waals surface area contributed by atoms with Gasteiger partial charge in [0.2, 0.25) is 0 Å². The molecule has 1 aromatic rings. The van der Waals surface area contributed by atoms with E-state index in [0.29, 0.717) is 0 Å². The number of nitrogens with one attached hydrogen (secondary N) is 1. The summed E-state index contributed by atoms with van der Waals surface area (Å²) in [7, 11) is -3.18. The first-order chi connectivity index (χ1) is 8.69. The maximum atomic E-state index is 11.7. The number of carboxylic acid groups (broad SMARTS) is 1. The van der Waals surface area contributed by atoms with E-state index in [9.17, 15) is 18.0 Å². The Kier molecular flexibility index (Phi) is 4.60. The first kappa shape index (κ1) is 15.1. The molecule has 0 saturated heterocycles. The van der Waals surface area contributed by atoms with Crippen LogP contribution in [0.4, 0.5) is 0 Å². The van der Waals surface area contributed by atoms with Crippen molar-refractivity contribution in [1.82, 2.24) is 10.3 Å². The Labute approximate surface area is 110 Å². The molecule has 0 radical (unpaired) electrons. The Bertz CT molecular complexity index is 580. The molecule has 1 rings (SSSR count). The third-order valence-electron chi connectivity index (χ3n) is 2.17. The van der Waals surface area contributed by atoms with Crippen molar-refractivity contribution in [3.05, 3.63) is 29.6 Å². The molecule has 1 unspecified atom stereocenters. The van der Waals surface area contributed by atoms with Gasteiger partial charge in [0, 0.05) is 18.5 Å². The largest absolute Gasteiger partial charge is 0.478 e. The van der Waals surface area contributed by atoms with Gasteiger partial charge in [0.05, 0.1) is 11.3 Å². The van der Waals surface area contributed by atoms with Crippen molar-refractivity contribution in [2.75, 3.05) is 12.0 Å². The third-order valence-corrected chi connectivity index (χ3v) is 3.28. The summed E-state index contributed by atoms with van der Waals surface area (Å²) < 4.78 is 22.1. The molecule has 0 aliphatic heterocycles. The lowest BCUT2D eigenvalue weighted by atomic mass is 10.2. The summed E-state index contributed by atoms with van der Waals surface area (Å²) in [5.74, 6) is -1.86. The molecule has 1 heterocycles. The van der Waals surface area contributed by atoms with Crippen LogP contribution < -0.4 is 5.32 Å². The summed E-state index contributed by atoms with van der Waals surface area (Å²) in [4.78, 5) is 26.0. The number of sulfone groups is 1. The highest BCUT2D eigenvalue weighted by molar-refractivity contribution is 7.90. The zero-order valence-electron chi connectivity index (χ0n) is 10.5. The minimum Gasteiger partial charge on any atom is -0.478 e. The van der Waals surface area contributed by atoms with E-state index in [2.05, 4.69) is 10.3 Å². The van der Waals surface area contributed by atoms with Crippen LogP contribution in [-0.4, -0.2) is 48.4 Å². The predicted molar refractivity (Wildman–Crippen MR) is 67.8 cm³/mol. The molecule has 1 amide bonds. The minimum atomic E-state index is -3.18. The minimum absolute atomic E-state index is 0.0271. The fraction of sp³-hybridized carbons (Fsp3) is 0.364. The van der Waals surface area contributed by atoms with Gasteiger partial charge in [0.1, 0.15) is 15.5 Å². The molecule has 8 heteroatoms. The number of carboxylic acids is 1. The van der Waals surface area contributed by atoms with E-state index in [0.717, 1.165) is 12.5 Å². The summed E-state index contributed by atoms with van der Waals surface area (Å²) in [6.07, 6.45) is 2.15. The average Bonchev–Trinajstić information content (AvgIpc) is 2.26. The van der Waals surface area contributed by atoms with Gasteiger partial charge in [-0.25, -0.2) is 13.2 Å². The van der Waals surface area contributed by atoms with E-state index in [4.69, 9.17) is 5.11 Å². The zero-order valence-corrected chi connectivity index (χ0v) is 11.3. The zero-order chi connectivity index (χ0) is 14.6. The highest BCUT2D eigenvalue weighted by atomic mass is 32.2. The first-order valence-electron chi connectivity index (χ1n) is 5.37. The molecule has 0 bridgehead atoms. The summed E-state index contributed by atoms with van der Waals surface area (Å²) in [6, 6.07) is 1.97. The van der Waals surface area contributed by atoms with Gasteiger partial charge < -0.3 is 10.4 Å². The van der Waals surface area contributed by atoms with Crippen LogP contribution in [0.15, 0.2) is 18.3 Å². The normalized spacial score (nSPS) is 12.7. The van der Waals surface area contributed by atoms with Crippen LogP contribution in [0, 0.1) is 0 Å². The van der Waals surface area contributed by atoms with Crippen molar-refractivity contribution in [1.29, 1.82) is 0 Å². The Balaban J connectivity index is 2.70. The van der Waals surface area contributed by atoms with Crippen molar-refractivity contribution in [3.8, 4) is 0 Å². The molecule has 104 valence electrons. The molecule has 0 saturated carbocycles. The van der Waals surface area contributed by atoms with Crippen molar-refractivity contribution >= 4 is 21.7 Å². The third kappa shape index (κ3) is 5.04. The summed E-state index contributed by atoms with van der Waals surface area (Å²) in [5.41, 5.74) is 0.00563. The van der Waals surface area contributed by atoms with Crippen LogP contribution in [-0.2, 0) is 9.84 Å². The summed E-state index contributed by atoms with van der Waals surface area (Å²) in [6.45, 7) is 1.56. The molecular weight excluding hydrogens is 272 g/mol. The highest BCUT2D eigenvalue weighted by Crippen LogP contribution is 2.01. The van der Waals surface area contributed by atoms with Gasteiger partial charge in [0.15, 0.2) is 0 Å². The van der Waals surface area contributed by atoms with Crippen LogP contribution in [0.2, 0.25) is 0 Å². The Hall–Kier alpha value is -1.96. The topological polar surface area (TPSA) is 113 Å². The maximum absolute atomic E-state index is 11.7. The molecule has 19 heavy (non-hydrogen) atoms. The lowest BCUT2D eigenvalue weighted by molar-refractivity contribution is 0.0695. The molecular formula is C11H14N2O5S. The van der Waals surface area contributed by atoms with Gasteiger partial charge in [0.25, 0.3) is 5.91 Å². The molecule has 0 aliphatic carbocycles. The van der Waals surface area contributed by atoms with E-state index >= 15 is 0 Å². The number of carbonyl (C=O) groups is 2. The Morgan fingerprint density at radius 3 is 2.47 bits per heavy atom. The first-order valence-corrected chi connectivity index (χ1v) is 7.43. The number of pyridine rings is 1. The number of nitrogens with zero attached hydrogens (tertiary/aromatic N) is 1. The molecule has 2 N–H and O–H groups in total. The number of aromatic carboxylic acids is 1. The van der Waals surface area contributed by atoms with Crippen LogP contribution in [0.3, 0.4) is 0 Å². The molecule has 1 aromatic heterocycles. The monoisotopic (exact) mass is 286 g/mol. The SMILES string of the molecule is CC(CS(C)(=O)=O)NC(=O)c1ccc(C(=O)O)cn1. The van der Waals surface area contributed by atoms with E-state index in [1.54, 1.807) is 6.92 Å². The lowest BCUT2D eigenvalue weighted by Gasteiger charge is -2.12. The van der Waals surface area contributed by atoms with Crippen LogP contribution in [0.1, 0.15) is 27.8 Å². The smallest absolute Gasteiger partial charge is 0.337 e. The Morgan fingerprint density at radius 2 is 2.05 bits per heavy atom. The van der Waals surface area contributed by atoms with E-state index < -0.39 is 27.8 Å². The number of hydrogen-bond donors (Lipinski definition) is 2. The van der Waals surface area contributed by atoms with Crippen molar-refractivity contribution in [3.63, 3.8) is 0 Å². The second kappa shape index (κ2) is 5.79. The standard InChI is InChI=1S/C11H14N2O5S/c1-7(6-19(2,17)18)13-10(14)9-4-3-8(5-12-9)11(15)16/h3-5,7H,6H2,1-2H3,(H,13,14)(H,15,16). The van der Waals surface area contributed by atoms with Gasteiger partial charge in [-0.3, -0.25) is 9.78 Å². The maximum Gasteiger partial charge on any atom is 0.337 e. The predicted octanol–water partition coefficient (Wildman–Crippen LogP) is -0.0573. The van der Waals surface area contributed by atoms with E-state index in [1.807, 2.05) is 0 Å². The fourth-order valence-corrected chi connectivity index (χ4v) is 2.44.